The van der Waals surface area contributed by atoms with Crippen molar-refractivity contribution in [3.63, 3.8) is 0 Å². The molecule has 1 fully saturated rings. The normalized spacial score (nSPS) is 17.9. The minimum absolute atomic E-state index is 0.0889. The number of aryl methyl sites for hydroxylation is 2. The molecule has 1 aliphatic rings. The Morgan fingerprint density at radius 1 is 1.55 bits per heavy atom. The van der Waals surface area contributed by atoms with Crippen molar-refractivity contribution in [2.75, 3.05) is 18.0 Å². The van der Waals surface area contributed by atoms with Crippen LogP contribution in [0.1, 0.15) is 29.9 Å². The van der Waals surface area contributed by atoms with E-state index in [9.17, 15) is 4.79 Å². The highest BCUT2D eigenvalue weighted by molar-refractivity contribution is 7.13. The Bertz CT molecular complexity index is 619. The number of nitrogens with one attached hydrogen (secondary N) is 1. The maximum atomic E-state index is 12.1. The summed E-state index contributed by atoms with van der Waals surface area (Å²) in [7, 11) is 0. The third-order valence-corrected chi connectivity index (χ3v) is 4.86. The van der Waals surface area contributed by atoms with E-state index in [1.807, 2.05) is 25.4 Å². The first-order chi connectivity index (χ1) is 10.6. The molecule has 0 bridgehead atoms. The molecular weight excluding hydrogens is 300 g/mol. The van der Waals surface area contributed by atoms with Crippen molar-refractivity contribution in [1.82, 2.24) is 15.5 Å². The second-order valence-electron chi connectivity index (χ2n) is 5.62. The summed E-state index contributed by atoms with van der Waals surface area (Å²) in [6.45, 7) is 5.58. The van der Waals surface area contributed by atoms with Gasteiger partial charge in [-0.05, 0) is 26.7 Å². The maximum Gasteiger partial charge on any atom is 0.220 e. The second-order valence-corrected chi connectivity index (χ2v) is 6.49. The number of hydrogen-bond donors (Lipinski definition) is 1. The van der Waals surface area contributed by atoms with E-state index < -0.39 is 0 Å². The Morgan fingerprint density at radius 2 is 2.41 bits per heavy atom. The van der Waals surface area contributed by atoms with Gasteiger partial charge in [0.2, 0.25) is 5.91 Å². The van der Waals surface area contributed by atoms with Crippen molar-refractivity contribution >= 4 is 22.4 Å². The minimum atomic E-state index is 0.0889. The lowest BCUT2D eigenvalue weighted by Gasteiger charge is -2.15. The van der Waals surface area contributed by atoms with Crippen molar-refractivity contribution in [3.05, 3.63) is 28.6 Å². The first-order valence-electron chi connectivity index (χ1n) is 7.49. The predicted molar refractivity (Wildman–Crippen MR) is 85.2 cm³/mol. The quantitative estimate of drug-likeness (QED) is 0.913. The van der Waals surface area contributed by atoms with Gasteiger partial charge in [0, 0.05) is 42.7 Å². The molecule has 0 aromatic carbocycles. The number of aromatic nitrogens is 2. The van der Waals surface area contributed by atoms with Crippen LogP contribution < -0.4 is 10.2 Å². The average Bonchev–Trinajstić information content (AvgIpc) is 3.20. The molecule has 118 valence electrons. The number of rotatable bonds is 5. The molecule has 2 aromatic rings. The Kier molecular flexibility index (Phi) is 4.42. The van der Waals surface area contributed by atoms with Crippen LogP contribution >= 0.6 is 11.3 Å². The van der Waals surface area contributed by atoms with Gasteiger partial charge in [0.25, 0.3) is 0 Å². The van der Waals surface area contributed by atoms with Crippen LogP contribution in [0.25, 0.3) is 0 Å². The van der Waals surface area contributed by atoms with Crippen molar-refractivity contribution in [2.45, 2.75) is 39.2 Å². The van der Waals surface area contributed by atoms with Crippen LogP contribution in [-0.4, -0.2) is 35.2 Å². The van der Waals surface area contributed by atoms with Crippen molar-refractivity contribution < 1.29 is 9.32 Å². The summed E-state index contributed by atoms with van der Waals surface area (Å²) in [4.78, 5) is 18.7. The maximum absolute atomic E-state index is 12.1. The van der Waals surface area contributed by atoms with E-state index >= 15 is 0 Å². The van der Waals surface area contributed by atoms with Crippen LogP contribution in [-0.2, 0) is 11.2 Å². The van der Waals surface area contributed by atoms with Crippen LogP contribution in [0.15, 0.2) is 16.1 Å². The van der Waals surface area contributed by atoms with E-state index in [0.717, 1.165) is 41.7 Å². The topological polar surface area (TPSA) is 71.3 Å². The van der Waals surface area contributed by atoms with E-state index in [1.165, 1.54) is 0 Å². The van der Waals surface area contributed by atoms with Gasteiger partial charge in [-0.1, -0.05) is 5.16 Å². The molecule has 1 aliphatic heterocycles. The fourth-order valence-corrected chi connectivity index (χ4v) is 3.50. The monoisotopic (exact) mass is 320 g/mol. The fourth-order valence-electron chi connectivity index (χ4n) is 2.82. The van der Waals surface area contributed by atoms with Crippen LogP contribution in [0.3, 0.4) is 0 Å². The summed E-state index contributed by atoms with van der Waals surface area (Å²) in [5.74, 6) is 0.895. The van der Waals surface area contributed by atoms with Gasteiger partial charge >= 0.3 is 0 Å². The number of nitrogens with zero attached hydrogens (tertiary/aromatic N) is 3. The van der Waals surface area contributed by atoms with E-state index in [1.54, 1.807) is 11.3 Å². The molecule has 6 nitrogen and oxygen atoms in total. The molecule has 1 unspecified atom stereocenters. The molecule has 1 N–H and O–H groups in total. The van der Waals surface area contributed by atoms with Crippen LogP contribution in [0, 0.1) is 13.8 Å². The smallest absolute Gasteiger partial charge is 0.220 e. The number of amides is 1. The van der Waals surface area contributed by atoms with Gasteiger partial charge in [0.1, 0.15) is 5.76 Å². The Balaban J connectivity index is 1.47. The summed E-state index contributed by atoms with van der Waals surface area (Å²) in [5.41, 5.74) is 1.92. The lowest BCUT2D eigenvalue weighted by molar-refractivity contribution is -0.121. The van der Waals surface area contributed by atoms with Gasteiger partial charge in [-0.15, -0.1) is 11.3 Å². The highest BCUT2D eigenvalue weighted by Crippen LogP contribution is 2.22. The molecule has 7 heteroatoms. The van der Waals surface area contributed by atoms with Crippen molar-refractivity contribution in [3.8, 4) is 0 Å². The number of carbonyl (C=O) groups excluding carboxylic acids is 1. The van der Waals surface area contributed by atoms with E-state index in [-0.39, 0.29) is 11.9 Å². The molecular formula is C15H20N4O2S. The standard InChI is InChI=1S/C15H20N4O2S/c1-10-13(11(2)21-18-10)3-4-14(20)17-12-5-7-19(9-12)15-16-6-8-22-15/h6,8,12H,3-5,7,9H2,1-2H3,(H,17,20). The van der Waals surface area contributed by atoms with E-state index in [0.29, 0.717) is 12.8 Å². The van der Waals surface area contributed by atoms with Gasteiger partial charge in [-0.3, -0.25) is 4.79 Å². The molecule has 2 aromatic heterocycles. The highest BCUT2D eigenvalue weighted by atomic mass is 32.1. The van der Waals surface area contributed by atoms with Crippen LogP contribution in [0.4, 0.5) is 5.13 Å². The first kappa shape index (κ1) is 15.0. The van der Waals surface area contributed by atoms with Crippen molar-refractivity contribution in [1.29, 1.82) is 0 Å². The van der Waals surface area contributed by atoms with Gasteiger partial charge in [0.05, 0.1) is 5.69 Å². The molecule has 3 heterocycles. The minimum Gasteiger partial charge on any atom is -0.361 e. The Morgan fingerprint density at radius 3 is 3.09 bits per heavy atom. The van der Waals surface area contributed by atoms with Gasteiger partial charge in [-0.25, -0.2) is 4.98 Å². The molecule has 1 saturated heterocycles. The zero-order valence-corrected chi connectivity index (χ0v) is 13.7. The zero-order chi connectivity index (χ0) is 15.5. The van der Waals surface area contributed by atoms with Gasteiger partial charge < -0.3 is 14.7 Å². The molecule has 22 heavy (non-hydrogen) atoms. The molecule has 0 spiro atoms. The lowest BCUT2D eigenvalue weighted by Crippen LogP contribution is -2.37. The van der Waals surface area contributed by atoms with Gasteiger partial charge in [0.15, 0.2) is 5.13 Å². The fraction of sp³-hybridized carbons (Fsp3) is 0.533. The van der Waals surface area contributed by atoms with Crippen LogP contribution in [0.2, 0.25) is 0 Å². The predicted octanol–water partition coefficient (Wildman–Crippen LogP) is 2.08. The highest BCUT2D eigenvalue weighted by Gasteiger charge is 2.25. The molecule has 0 saturated carbocycles. The summed E-state index contributed by atoms with van der Waals surface area (Å²) in [6.07, 6.45) is 3.93. The molecule has 0 aliphatic carbocycles. The summed E-state index contributed by atoms with van der Waals surface area (Å²) >= 11 is 1.64. The number of carbonyl (C=O) groups is 1. The SMILES string of the molecule is Cc1noc(C)c1CCC(=O)NC1CCN(c2nccs2)C1. The molecule has 1 amide bonds. The third-order valence-electron chi connectivity index (χ3n) is 4.03. The average molecular weight is 320 g/mol. The first-order valence-corrected chi connectivity index (χ1v) is 8.37. The zero-order valence-electron chi connectivity index (χ0n) is 12.8. The Labute approximate surface area is 133 Å². The summed E-state index contributed by atoms with van der Waals surface area (Å²) in [5, 5.41) is 10.0. The number of anilines is 1. The summed E-state index contributed by atoms with van der Waals surface area (Å²) < 4.78 is 5.12. The van der Waals surface area contributed by atoms with Crippen LogP contribution in [0.5, 0.6) is 0 Å². The van der Waals surface area contributed by atoms with Crippen molar-refractivity contribution in [2.24, 2.45) is 0 Å². The summed E-state index contributed by atoms with van der Waals surface area (Å²) in [6, 6.07) is 0.209. The Hall–Kier alpha value is -1.89. The third kappa shape index (κ3) is 3.30. The largest absolute Gasteiger partial charge is 0.361 e. The van der Waals surface area contributed by atoms with E-state index in [4.69, 9.17) is 4.52 Å². The second kappa shape index (κ2) is 6.48. The lowest BCUT2D eigenvalue weighted by atomic mass is 10.1. The molecule has 0 radical (unpaired) electrons. The number of thiazole rings is 1. The number of hydrogen-bond acceptors (Lipinski definition) is 6. The van der Waals surface area contributed by atoms with Gasteiger partial charge in [-0.2, -0.15) is 0 Å². The molecule has 3 rings (SSSR count). The van der Waals surface area contributed by atoms with E-state index in [2.05, 4.69) is 20.4 Å². The molecule has 1 atom stereocenters.